The second kappa shape index (κ2) is 8.66. The van der Waals surface area contributed by atoms with Gasteiger partial charge in [0, 0.05) is 29.7 Å². The molecule has 0 aliphatic rings. The van der Waals surface area contributed by atoms with Crippen LogP contribution in [0.2, 0.25) is 5.02 Å². The molecule has 29 heavy (non-hydrogen) atoms. The lowest BCUT2D eigenvalue weighted by Crippen LogP contribution is -2.19. The zero-order chi connectivity index (χ0) is 21.0. The largest absolute Gasteiger partial charge is 0.325 e. The van der Waals surface area contributed by atoms with Crippen molar-refractivity contribution in [1.29, 1.82) is 0 Å². The second-order valence-electron chi connectivity index (χ2n) is 7.88. The van der Waals surface area contributed by atoms with E-state index in [9.17, 15) is 4.79 Å². The Morgan fingerprint density at radius 3 is 2.41 bits per heavy atom. The summed E-state index contributed by atoms with van der Waals surface area (Å²) in [5.41, 5.74) is 3.52. The first-order chi connectivity index (χ1) is 13.8. The molecule has 0 radical (unpaired) electrons. The molecular formula is C24H26ClN3O. The van der Waals surface area contributed by atoms with Gasteiger partial charge in [-0.2, -0.15) is 0 Å². The highest BCUT2D eigenvalue weighted by Gasteiger charge is 2.16. The van der Waals surface area contributed by atoms with Crippen LogP contribution in [-0.2, 0) is 5.41 Å². The Morgan fingerprint density at radius 2 is 1.79 bits per heavy atom. The third kappa shape index (κ3) is 4.96. The van der Waals surface area contributed by atoms with Crippen molar-refractivity contribution in [2.45, 2.75) is 33.1 Å². The van der Waals surface area contributed by atoms with Gasteiger partial charge in [-0.3, -0.25) is 4.79 Å². The summed E-state index contributed by atoms with van der Waals surface area (Å²) < 4.78 is 0. The number of carbonyl (C=O) groups excluding carboxylic acids is 1. The average Bonchev–Trinajstić information content (AvgIpc) is 2.70. The normalized spacial score (nSPS) is 11.2. The Kier molecular flexibility index (Phi) is 6.23. The second-order valence-corrected chi connectivity index (χ2v) is 8.29. The fourth-order valence-corrected chi connectivity index (χ4v) is 3.33. The van der Waals surface area contributed by atoms with Gasteiger partial charge in [0.05, 0.1) is 5.02 Å². The maximum Gasteiger partial charge on any atom is 0.255 e. The van der Waals surface area contributed by atoms with E-state index in [0.29, 0.717) is 22.9 Å². The molecular weight excluding hydrogens is 382 g/mol. The molecule has 2 aromatic carbocycles. The number of aromatic nitrogens is 1. The van der Waals surface area contributed by atoms with Crippen molar-refractivity contribution in [3.8, 4) is 0 Å². The molecule has 150 valence electrons. The standard InChI is InChI=1S/C24H26ClN3O/c1-5-28(22-21(25)10-7-15-26-22)20-9-6-8-17(16-20)23(29)27-19-13-11-18(12-14-19)24(2,3)4/h6-16H,5H2,1-4H3,(H,27,29). The molecule has 1 heterocycles. The number of pyridine rings is 1. The summed E-state index contributed by atoms with van der Waals surface area (Å²) in [5.74, 6) is 0.519. The fraction of sp³-hybridized carbons (Fsp3) is 0.250. The smallest absolute Gasteiger partial charge is 0.255 e. The minimum absolute atomic E-state index is 0.0766. The van der Waals surface area contributed by atoms with Gasteiger partial charge in [-0.15, -0.1) is 0 Å². The Bertz CT molecular complexity index is 994. The van der Waals surface area contributed by atoms with Crippen molar-refractivity contribution in [2.75, 3.05) is 16.8 Å². The predicted molar refractivity (Wildman–Crippen MR) is 121 cm³/mol. The lowest BCUT2D eigenvalue weighted by atomic mass is 9.87. The summed E-state index contributed by atoms with van der Waals surface area (Å²) in [6.45, 7) is 9.20. The summed E-state index contributed by atoms with van der Waals surface area (Å²) in [5, 5.41) is 3.55. The minimum Gasteiger partial charge on any atom is -0.325 e. The first-order valence-corrected chi connectivity index (χ1v) is 10.1. The summed E-state index contributed by atoms with van der Waals surface area (Å²) in [6.07, 6.45) is 1.71. The monoisotopic (exact) mass is 407 g/mol. The molecule has 1 amide bonds. The Hall–Kier alpha value is -2.85. The molecule has 0 atom stereocenters. The summed E-state index contributed by atoms with van der Waals surface area (Å²) in [7, 11) is 0. The molecule has 0 saturated heterocycles. The number of halogens is 1. The number of hydrogen-bond donors (Lipinski definition) is 1. The lowest BCUT2D eigenvalue weighted by molar-refractivity contribution is 0.102. The van der Waals surface area contributed by atoms with Crippen molar-refractivity contribution < 1.29 is 4.79 Å². The lowest BCUT2D eigenvalue weighted by Gasteiger charge is -2.23. The van der Waals surface area contributed by atoms with Gasteiger partial charge < -0.3 is 10.2 Å². The number of nitrogens with one attached hydrogen (secondary N) is 1. The van der Waals surface area contributed by atoms with E-state index in [1.165, 1.54) is 5.56 Å². The molecule has 0 saturated carbocycles. The zero-order valence-electron chi connectivity index (χ0n) is 17.2. The van der Waals surface area contributed by atoms with Crippen LogP contribution in [0.15, 0.2) is 66.9 Å². The number of carbonyl (C=O) groups is 1. The number of rotatable bonds is 5. The molecule has 0 aliphatic carbocycles. The fourth-order valence-electron chi connectivity index (χ4n) is 3.10. The molecule has 1 aromatic heterocycles. The van der Waals surface area contributed by atoms with Gasteiger partial charge in [-0.1, -0.05) is 50.6 Å². The highest BCUT2D eigenvalue weighted by molar-refractivity contribution is 6.33. The third-order valence-electron chi connectivity index (χ3n) is 4.74. The highest BCUT2D eigenvalue weighted by atomic mass is 35.5. The molecule has 0 fully saturated rings. The Morgan fingerprint density at radius 1 is 1.07 bits per heavy atom. The van der Waals surface area contributed by atoms with Gasteiger partial charge in [0.1, 0.15) is 0 Å². The van der Waals surface area contributed by atoms with Crippen LogP contribution in [0.1, 0.15) is 43.6 Å². The Labute approximate surface area is 177 Å². The molecule has 1 N–H and O–H groups in total. The Balaban J connectivity index is 1.81. The number of benzene rings is 2. The minimum atomic E-state index is -0.154. The predicted octanol–water partition coefficient (Wildman–Crippen LogP) is 6.44. The van der Waals surface area contributed by atoms with Crippen LogP contribution >= 0.6 is 11.6 Å². The van der Waals surface area contributed by atoms with Gasteiger partial charge >= 0.3 is 0 Å². The first-order valence-electron chi connectivity index (χ1n) is 9.69. The van der Waals surface area contributed by atoms with Crippen LogP contribution < -0.4 is 10.2 Å². The molecule has 0 bridgehead atoms. The van der Waals surface area contributed by atoms with Crippen molar-refractivity contribution in [1.82, 2.24) is 4.98 Å². The summed E-state index contributed by atoms with van der Waals surface area (Å²) >= 11 is 6.32. The van der Waals surface area contributed by atoms with Crippen LogP contribution in [-0.4, -0.2) is 17.4 Å². The average molecular weight is 408 g/mol. The van der Waals surface area contributed by atoms with Gasteiger partial charge in [0.2, 0.25) is 0 Å². The molecule has 0 aliphatic heterocycles. The maximum atomic E-state index is 12.8. The number of amides is 1. The van der Waals surface area contributed by atoms with Crippen molar-refractivity contribution in [3.05, 3.63) is 83.0 Å². The third-order valence-corrected chi connectivity index (χ3v) is 5.03. The van der Waals surface area contributed by atoms with Gasteiger partial charge in [-0.05, 0) is 60.4 Å². The zero-order valence-corrected chi connectivity index (χ0v) is 18.0. The van der Waals surface area contributed by atoms with E-state index >= 15 is 0 Å². The molecule has 0 spiro atoms. The van der Waals surface area contributed by atoms with E-state index in [-0.39, 0.29) is 11.3 Å². The number of nitrogens with zero attached hydrogens (tertiary/aromatic N) is 2. The maximum absolute atomic E-state index is 12.8. The molecule has 3 aromatic rings. The van der Waals surface area contributed by atoms with Crippen LogP contribution in [0.3, 0.4) is 0 Å². The molecule has 0 unspecified atom stereocenters. The van der Waals surface area contributed by atoms with E-state index in [4.69, 9.17) is 11.6 Å². The van der Waals surface area contributed by atoms with Crippen molar-refractivity contribution in [3.63, 3.8) is 0 Å². The van der Waals surface area contributed by atoms with Crippen LogP contribution in [0, 0.1) is 0 Å². The van der Waals surface area contributed by atoms with Gasteiger partial charge in [-0.25, -0.2) is 4.98 Å². The first kappa shape index (κ1) is 20.9. The van der Waals surface area contributed by atoms with E-state index < -0.39 is 0 Å². The summed E-state index contributed by atoms with van der Waals surface area (Å²) in [4.78, 5) is 19.2. The number of anilines is 3. The quantitative estimate of drug-likeness (QED) is 0.529. The summed E-state index contributed by atoms with van der Waals surface area (Å²) in [6, 6.07) is 19.1. The van der Waals surface area contributed by atoms with Crippen molar-refractivity contribution >= 4 is 34.7 Å². The van der Waals surface area contributed by atoms with Crippen LogP contribution in [0.25, 0.3) is 0 Å². The number of hydrogen-bond acceptors (Lipinski definition) is 3. The highest BCUT2D eigenvalue weighted by Crippen LogP contribution is 2.30. The molecule has 3 rings (SSSR count). The van der Waals surface area contributed by atoms with Crippen molar-refractivity contribution in [2.24, 2.45) is 0 Å². The van der Waals surface area contributed by atoms with E-state index in [2.05, 4.69) is 31.1 Å². The topological polar surface area (TPSA) is 45.2 Å². The SMILES string of the molecule is CCN(c1cccc(C(=O)Nc2ccc(C(C)(C)C)cc2)c1)c1ncccc1Cl. The van der Waals surface area contributed by atoms with E-state index in [1.54, 1.807) is 18.3 Å². The van der Waals surface area contributed by atoms with Gasteiger partial charge in [0.15, 0.2) is 5.82 Å². The van der Waals surface area contributed by atoms with E-state index in [0.717, 1.165) is 11.4 Å². The van der Waals surface area contributed by atoms with Crippen LogP contribution in [0.5, 0.6) is 0 Å². The van der Waals surface area contributed by atoms with Crippen LogP contribution in [0.4, 0.5) is 17.2 Å². The molecule has 5 heteroatoms. The van der Waals surface area contributed by atoms with E-state index in [1.807, 2.05) is 60.4 Å². The molecule has 4 nitrogen and oxygen atoms in total. The van der Waals surface area contributed by atoms with Gasteiger partial charge in [0.25, 0.3) is 5.91 Å².